The number of alkyl halides is 3. The van der Waals surface area contributed by atoms with Crippen molar-refractivity contribution in [2.75, 3.05) is 13.2 Å². The highest BCUT2D eigenvalue weighted by atomic mass is 32.1. The summed E-state index contributed by atoms with van der Waals surface area (Å²) in [6.07, 6.45) is -1.04. The third-order valence-electron chi connectivity index (χ3n) is 4.78. The van der Waals surface area contributed by atoms with E-state index in [1.54, 1.807) is 6.07 Å². The van der Waals surface area contributed by atoms with Gasteiger partial charge in [-0.15, -0.1) is 11.3 Å². The Labute approximate surface area is 168 Å². The van der Waals surface area contributed by atoms with E-state index in [1.165, 1.54) is 11.3 Å². The van der Waals surface area contributed by atoms with Crippen molar-refractivity contribution in [2.24, 2.45) is 0 Å². The van der Waals surface area contributed by atoms with Crippen molar-refractivity contribution in [3.8, 4) is 10.6 Å². The number of ether oxygens (including phenoxy) is 1. The van der Waals surface area contributed by atoms with Gasteiger partial charge in [0.15, 0.2) is 11.3 Å². The molecule has 1 N–H and O–H groups in total. The molecule has 0 saturated carbocycles. The molecule has 1 aliphatic rings. The topological polar surface area (TPSA) is 68.5 Å². The number of hydrogen-bond donors (Lipinski definition) is 1. The number of carbonyl (C=O) groups is 1. The summed E-state index contributed by atoms with van der Waals surface area (Å²) in [7, 11) is 0. The fraction of sp³-hybridized carbons (Fsp3) is 0.421. The Kier molecular flexibility index (Phi) is 5.30. The first-order chi connectivity index (χ1) is 13.9. The maximum Gasteiger partial charge on any atom is 0.433 e. The molecule has 0 spiro atoms. The number of thiophene rings is 1. The molecule has 1 amide bonds. The predicted octanol–water partition coefficient (Wildman–Crippen LogP) is 3.95. The molecule has 0 aliphatic carbocycles. The molecular formula is C19H19F3N4O2S. The number of fused-ring (bicyclic) bond motifs is 1. The van der Waals surface area contributed by atoms with Crippen LogP contribution in [0.1, 0.15) is 40.7 Å². The number of carbonyl (C=O) groups excluding carboxylic acids is 1. The van der Waals surface area contributed by atoms with Gasteiger partial charge >= 0.3 is 6.18 Å². The molecule has 0 aromatic carbocycles. The molecule has 0 bridgehead atoms. The summed E-state index contributed by atoms with van der Waals surface area (Å²) >= 11 is 1.38. The monoisotopic (exact) mass is 424 g/mol. The van der Waals surface area contributed by atoms with Gasteiger partial charge < -0.3 is 10.1 Å². The molecule has 29 heavy (non-hydrogen) atoms. The van der Waals surface area contributed by atoms with Crippen LogP contribution in [0.5, 0.6) is 0 Å². The van der Waals surface area contributed by atoms with E-state index in [0.29, 0.717) is 22.5 Å². The Bertz CT molecular complexity index is 1040. The molecule has 10 heteroatoms. The molecule has 4 heterocycles. The number of hydrogen-bond acceptors (Lipinski definition) is 5. The minimum absolute atomic E-state index is 0.00242. The van der Waals surface area contributed by atoms with Crippen molar-refractivity contribution < 1.29 is 22.7 Å². The van der Waals surface area contributed by atoms with E-state index < -0.39 is 17.8 Å². The highest BCUT2D eigenvalue weighted by Crippen LogP contribution is 2.34. The van der Waals surface area contributed by atoms with Crippen molar-refractivity contribution in [3.63, 3.8) is 0 Å². The summed E-state index contributed by atoms with van der Waals surface area (Å²) in [6, 6.07) is 4.58. The second kappa shape index (κ2) is 7.75. The van der Waals surface area contributed by atoms with Gasteiger partial charge in [-0.2, -0.15) is 18.3 Å². The highest BCUT2D eigenvalue weighted by molar-refractivity contribution is 7.15. The third kappa shape index (κ3) is 3.99. The van der Waals surface area contributed by atoms with E-state index in [9.17, 15) is 18.0 Å². The number of aromatic nitrogens is 3. The molecule has 1 fully saturated rings. The zero-order chi connectivity index (χ0) is 20.6. The van der Waals surface area contributed by atoms with Crippen molar-refractivity contribution in [3.05, 3.63) is 40.5 Å². The van der Waals surface area contributed by atoms with Gasteiger partial charge in [0.05, 0.1) is 22.9 Å². The van der Waals surface area contributed by atoms with Gasteiger partial charge in [-0.1, -0.05) is 6.92 Å². The van der Waals surface area contributed by atoms with Crippen LogP contribution in [0.2, 0.25) is 0 Å². The van der Waals surface area contributed by atoms with Gasteiger partial charge in [0.25, 0.3) is 5.91 Å². The summed E-state index contributed by atoms with van der Waals surface area (Å²) in [6.45, 7) is 2.92. The van der Waals surface area contributed by atoms with Crippen molar-refractivity contribution in [1.82, 2.24) is 19.9 Å². The first-order valence-corrected chi connectivity index (χ1v) is 10.1. The number of halogens is 3. The lowest BCUT2D eigenvalue weighted by Gasteiger charge is -2.12. The van der Waals surface area contributed by atoms with Crippen molar-refractivity contribution in [1.29, 1.82) is 0 Å². The van der Waals surface area contributed by atoms with E-state index >= 15 is 0 Å². The van der Waals surface area contributed by atoms with Crippen LogP contribution in [-0.2, 0) is 17.3 Å². The van der Waals surface area contributed by atoms with Gasteiger partial charge in [-0.05, 0) is 37.5 Å². The SMILES string of the molecule is CCc1ccc(-c2cc(C(F)(F)F)n3ncc(C(=O)NC[C@@H]4CCCO4)c3n2)s1. The molecule has 4 rings (SSSR count). The minimum Gasteiger partial charge on any atom is -0.376 e. The molecule has 154 valence electrons. The molecule has 0 unspecified atom stereocenters. The van der Waals surface area contributed by atoms with Crippen LogP contribution in [0.3, 0.4) is 0 Å². The molecule has 1 atom stereocenters. The van der Waals surface area contributed by atoms with Gasteiger partial charge in [0.2, 0.25) is 0 Å². The van der Waals surface area contributed by atoms with Crippen LogP contribution in [0.15, 0.2) is 24.4 Å². The second-order valence-corrected chi connectivity index (χ2v) is 7.95. The number of nitrogens with one attached hydrogen (secondary N) is 1. The molecule has 1 saturated heterocycles. The van der Waals surface area contributed by atoms with Crippen LogP contribution in [-0.4, -0.2) is 39.8 Å². The normalized spacial score (nSPS) is 17.2. The molecule has 3 aromatic rings. The number of rotatable bonds is 5. The van der Waals surface area contributed by atoms with E-state index in [2.05, 4.69) is 15.4 Å². The first-order valence-electron chi connectivity index (χ1n) is 9.31. The Morgan fingerprint density at radius 1 is 1.41 bits per heavy atom. The second-order valence-electron chi connectivity index (χ2n) is 6.78. The Morgan fingerprint density at radius 2 is 2.24 bits per heavy atom. The smallest absolute Gasteiger partial charge is 0.376 e. The highest BCUT2D eigenvalue weighted by Gasteiger charge is 2.36. The Hall–Kier alpha value is -2.46. The van der Waals surface area contributed by atoms with Crippen LogP contribution in [0.4, 0.5) is 13.2 Å². The maximum atomic E-state index is 13.6. The zero-order valence-electron chi connectivity index (χ0n) is 15.6. The third-order valence-corrected chi connectivity index (χ3v) is 6.04. The molecular weight excluding hydrogens is 405 g/mol. The molecule has 0 radical (unpaired) electrons. The maximum absolute atomic E-state index is 13.6. The van der Waals surface area contributed by atoms with Crippen LogP contribution < -0.4 is 5.32 Å². The van der Waals surface area contributed by atoms with Crippen LogP contribution in [0.25, 0.3) is 16.2 Å². The molecule has 1 aliphatic heterocycles. The summed E-state index contributed by atoms with van der Waals surface area (Å²) < 4.78 is 47.1. The van der Waals surface area contributed by atoms with E-state index in [-0.39, 0.29) is 23.0 Å². The van der Waals surface area contributed by atoms with Gasteiger partial charge in [0.1, 0.15) is 5.56 Å². The van der Waals surface area contributed by atoms with Gasteiger partial charge in [0, 0.05) is 18.0 Å². The van der Waals surface area contributed by atoms with Gasteiger partial charge in [-0.3, -0.25) is 4.79 Å². The van der Waals surface area contributed by atoms with Crippen LogP contribution >= 0.6 is 11.3 Å². The number of nitrogens with zero attached hydrogens (tertiary/aromatic N) is 3. The van der Waals surface area contributed by atoms with E-state index in [0.717, 1.165) is 36.4 Å². The van der Waals surface area contributed by atoms with Crippen LogP contribution in [0, 0.1) is 0 Å². The largest absolute Gasteiger partial charge is 0.433 e. The quantitative estimate of drug-likeness (QED) is 0.674. The summed E-state index contributed by atoms with van der Waals surface area (Å²) in [4.78, 5) is 18.6. The lowest BCUT2D eigenvalue weighted by Crippen LogP contribution is -2.31. The number of amides is 1. The Morgan fingerprint density at radius 3 is 2.90 bits per heavy atom. The number of aryl methyl sites for hydroxylation is 1. The first kappa shape index (κ1) is 19.8. The molecule has 6 nitrogen and oxygen atoms in total. The van der Waals surface area contributed by atoms with Crippen molar-refractivity contribution >= 4 is 22.9 Å². The zero-order valence-corrected chi connectivity index (χ0v) is 16.4. The summed E-state index contributed by atoms with van der Waals surface area (Å²) in [5.74, 6) is -0.520. The minimum atomic E-state index is -4.64. The molecule has 3 aromatic heterocycles. The summed E-state index contributed by atoms with van der Waals surface area (Å²) in [5.41, 5.74) is -0.918. The lowest BCUT2D eigenvalue weighted by molar-refractivity contribution is -0.142. The standard InChI is InChI=1S/C19H19F3N4O2S/c1-2-12-5-6-15(29-12)14-8-16(19(20,21)22)26-17(25-14)13(10-24-26)18(27)23-9-11-4-3-7-28-11/h5-6,8,10-11H,2-4,7,9H2,1H3,(H,23,27)/t11-/m0/s1. The van der Waals surface area contributed by atoms with Crippen molar-refractivity contribution in [2.45, 2.75) is 38.5 Å². The Balaban J connectivity index is 1.74. The van der Waals surface area contributed by atoms with Gasteiger partial charge in [-0.25, -0.2) is 9.50 Å². The lowest BCUT2D eigenvalue weighted by atomic mass is 10.2. The predicted molar refractivity (Wildman–Crippen MR) is 102 cm³/mol. The average molecular weight is 424 g/mol. The van der Waals surface area contributed by atoms with E-state index in [4.69, 9.17) is 4.74 Å². The summed E-state index contributed by atoms with van der Waals surface area (Å²) in [5, 5.41) is 6.50. The average Bonchev–Trinajstić information content (AvgIpc) is 3.44. The fourth-order valence-corrected chi connectivity index (χ4v) is 4.17. The van der Waals surface area contributed by atoms with E-state index in [1.807, 2.05) is 13.0 Å². The fourth-order valence-electron chi connectivity index (χ4n) is 3.26.